The summed E-state index contributed by atoms with van der Waals surface area (Å²) >= 11 is 0. The minimum Gasteiger partial charge on any atom is -0.308 e. The van der Waals surface area contributed by atoms with Gasteiger partial charge in [-0.25, -0.2) is 4.39 Å². The quantitative estimate of drug-likeness (QED) is 0.823. The summed E-state index contributed by atoms with van der Waals surface area (Å²) in [5.41, 5.74) is 0.554. The Morgan fingerprint density at radius 3 is 2.58 bits per heavy atom. The predicted molar refractivity (Wildman–Crippen MR) is 77.6 cm³/mol. The highest BCUT2D eigenvalue weighted by Crippen LogP contribution is 2.33. The number of likely N-dealkylation sites (N-methyl/N-ethyl adjacent to an activating group) is 1. The summed E-state index contributed by atoms with van der Waals surface area (Å²) in [6, 6.07) is 1.73. The topological polar surface area (TPSA) is 28.2 Å². The summed E-state index contributed by atoms with van der Waals surface area (Å²) in [5, 5.41) is 3.49. The fourth-order valence-electron chi connectivity index (χ4n) is 2.35. The second-order valence-electron chi connectivity index (χ2n) is 5.39. The summed E-state index contributed by atoms with van der Waals surface area (Å²) in [6.07, 6.45) is 4.91. The molecule has 0 saturated carbocycles. The van der Waals surface area contributed by atoms with Crippen LogP contribution in [-0.2, 0) is 0 Å². The van der Waals surface area contributed by atoms with E-state index in [1.54, 1.807) is 12.3 Å². The number of aromatic nitrogens is 1. The Morgan fingerprint density at radius 1 is 1.42 bits per heavy atom. The van der Waals surface area contributed by atoms with Crippen LogP contribution in [0, 0.1) is 5.82 Å². The number of pyridine rings is 1. The van der Waals surface area contributed by atoms with E-state index in [1.807, 2.05) is 14.1 Å². The highest BCUT2D eigenvalue weighted by molar-refractivity contribution is 5.22. The number of rotatable bonds is 7. The number of nitrogens with one attached hydrogen (secondary N) is 1. The lowest BCUT2D eigenvalue weighted by molar-refractivity contribution is 0.111. The van der Waals surface area contributed by atoms with Crippen molar-refractivity contribution in [3.63, 3.8) is 0 Å². The van der Waals surface area contributed by atoms with Crippen LogP contribution >= 0.6 is 0 Å². The second-order valence-corrected chi connectivity index (χ2v) is 5.39. The fraction of sp³-hybridized carbons (Fsp3) is 0.667. The molecule has 0 saturated heterocycles. The molecule has 4 heteroatoms. The molecule has 3 nitrogen and oxygen atoms in total. The van der Waals surface area contributed by atoms with Crippen molar-refractivity contribution in [3.05, 3.63) is 29.8 Å². The van der Waals surface area contributed by atoms with E-state index in [1.165, 1.54) is 6.20 Å². The van der Waals surface area contributed by atoms with Gasteiger partial charge >= 0.3 is 0 Å². The van der Waals surface area contributed by atoms with E-state index in [0.717, 1.165) is 19.4 Å². The summed E-state index contributed by atoms with van der Waals surface area (Å²) in [6.45, 7) is 7.29. The van der Waals surface area contributed by atoms with Crippen molar-refractivity contribution < 1.29 is 4.39 Å². The molecule has 2 unspecified atom stereocenters. The van der Waals surface area contributed by atoms with Gasteiger partial charge in [0.15, 0.2) is 0 Å². The SMILES string of the molecule is CCCNC(c1ccncc1F)C(C)(CC)N(C)C. The van der Waals surface area contributed by atoms with E-state index in [4.69, 9.17) is 0 Å². The molecule has 0 amide bonds. The molecule has 1 aromatic heterocycles. The molecule has 0 radical (unpaired) electrons. The molecule has 0 aromatic carbocycles. The van der Waals surface area contributed by atoms with Crippen molar-refractivity contribution in [1.29, 1.82) is 0 Å². The average Bonchev–Trinajstić information content (AvgIpc) is 2.40. The van der Waals surface area contributed by atoms with Crippen LogP contribution in [0.2, 0.25) is 0 Å². The molecule has 0 aliphatic heterocycles. The molecule has 2 atom stereocenters. The standard InChI is InChI=1S/C15H26FN3/c1-6-9-18-14(15(3,7-2)19(4)5)12-8-10-17-11-13(12)16/h8,10-11,14,18H,6-7,9H2,1-5H3. The van der Waals surface area contributed by atoms with Gasteiger partial charge in [-0.2, -0.15) is 0 Å². The van der Waals surface area contributed by atoms with Crippen LogP contribution in [-0.4, -0.2) is 36.1 Å². The Hall–Kier alpha value is -1.00. The molecule has 1 N–H and O–H groups in total. The van der Waals surface area contributed by atoms with Gasteiger partial charge in [-0.15, -0.1) is 0 Å². The molecule has 19 heavy (non-hydrogen) atoms. The lowest BCUT2D eigenvalue weighted by atomic mass is 9.83. The van der Waals surface area contributed by atoms with Gasteiger partial charge in [0.25, 0.3) is 0 Å². The molecule has 108 valence electrons. The normalized spacial score (nSPS) is 16.4. The highest BCUT2D eigenvalue weighted by Gasteiger charge is 2.36. The average molecular weight is 267 g/mol. The van der Waals surface area contributed by atoms with Gasteiger partial charge in [-0.05, 0) is 46.5 Å². The molecule has 1 heterocycles. The number of hydrogen-bond donors (Lipinski definition) is 1. The van der Waals surface area contributed by atoms with E-state index in [-0.39, 0.29) is 17.4 Å². The van der Waals surface area contributed by atoms with E-state index >= 15 is 0 Å². The van der Waals surface area contributed by atoms with Crippen LogP contribution in [0.5, 0.6) is 0 Å². The Morgan fingerprint density at radius 2 is 2.11 bits per heavy atom. The van der Waals surface area contributed by atoms with Crippen LogP contribution in [0.4, 0.5) is 4.39 Å². The zero-order valence-electron chi connectivity index (χ0n) is 12.7. The zero-order valence-corrected chi connectivity index (χ0v) is 12.7. The summed E-state index contributed by atoms with van der Waals surface area (Å²) in [7, 11) is 4.09. The van der Waals surface area contributed by atoms with Gasteiger partial charge in [-0.1, -0.05) is 13.8 Å². The van der Waals surface area contributed by atoms with Crippen molar-refractivity contribution >= 4 is 0 Å². The van der Waals surface area contributed by atoms with E-state index in [2.05, 4.69) is 36.0 Å². The lowest BCUT2D eigenvalue weighted by Gasteiger charge is -2.43. The lowest BCUT2D eigenvalue weighted by Crippen LogP contribution is -2.51. The summed E-state index contributed by atoms with van der Waals surface area (Å²) in [5.74, 6) is -0.238. The first-order chi connectivity index (χ1) is 8.97. The Labute approximate surface area is 116 Å². The fourth-order valence-corrected chi connectivity index (χ4v) is 2.35. The van der Waals surface area contributed by atoms with Gasteiger partial charge in [0.05, 0.1) is 12.2 Å². The molecular weight excluding hydrogens is 241 g/mol. The Kier molecular flexibility index (Phi) is 5.88. The first kappa shape index (κ1) is 16.1. The van der Waals surface area contributed by atoms with Gasteiger partial charge in [0.1, 0.15) is 5.82 Å². The molecule has 1 aromatic rings. The third kappa shape index (κ3) is 3.51. The first-order valence-corrected chi connectivity index (χ1v) is 6.97. The largest absolute Gasteiger partial charge is 0.308 e. The van der Waals surface area contributed by atoms with Crippen molar-refractivity contribution in [2.75, 3.05) is 20.6 Å². The van der Waals surface area contributed by atoms with Gasteiger partial charge in [0.2, 0.25) is 0 Å². The van der Waals surface area contributed by atoms with Crippen LogP contribution in [0.3, 0.4) is 0 Å². The third-order valence-corrected chi connectivity index (χ3v) is 4.07. The molecule has 0 fully saturated rings. The number of hydrogen-bond acceptors (Lipinski definition) is 3. The van der Waals surface area contributed by atoms with E-state index < -0.39 is 0 Å². The van der Waals surface area contributed by atoms with Crippen molar-refractivity contribution in [2.24, 2.45) is 0 Å². The molecule has 0 aliphatic carbocycles. The van der Waals surface area contributed by atoms with Gasteiger partial charge < -0.3 is 10.2 Å². The predicted octanol–water partition coefficient (Wildman–Crippen LogP) is 2.99. The van der Waals surface area contributed by atoms with Crippen molar-refractivity contribution in [1.82, 2.24) is 15.2 Å². The van der Waals surface area contributed by atoms with Crippen LogP contribution in [0.1, 0.15) is 45.2 Å². The highest BCUT2D eigenvalue weighted by atomic mass is 19.1. The van der Waals surface area contributed by atoms with Crippen LogP contribution in [0.25, 0.3) is 0 Å². The molecule has 0 aliphatic rings. The minimum atomic E-state index is -0.238. The van der Waals surface area contributed by atoms with Gasteiger partial charge in [0, 0.05) is 17.3 Å². The summed E-state index contributed by atoms with van der Waals surface area (Å²) < 4.78 is 14.1. The maximum absolute atomic E-state index is 14.1. The number of halogens is 1. The van der Waals surface area contributed by atoms with Crippen LogP contribution in [0.15, 0.2) is 18.5 Å². The van der Waals surface area contributed by atoms with Crippen molar-refractivity contribution in [3.8, 4) is 0 Å². The second kappa shape index (κ2) is 6.96. The van der Waals surface area contributed by atoms with Crippen molar-refractivity contribution in [2.45, 2.75) is 45.2 Å². The first-order valence-electron chi connectivity index (χ1n) is 6.97. The number of nitrogens with zero attached hydrogens (tertiary/aromatic N) is 2. The molecule has 0 bridgehead atoms. The van der Waals surface area contributed by atoms with E-state index in [9.17, 15) is 4.39 Å². The smallest absolute Gasteiger partial charge is 0.146 e. The Balaban J connectivity index is 3.17. The summed E-state index contributed by atoms with van der Waals surface area (Å²) in [4.78, 5) is 6.01. The van der Waals surface area contributed by atoms with E-state index in [0.29, 0.717) is 5.56 Å². The zero-order chi connectivity index (χ0) is 14.5. The maximum Gasteiger partial charge on any atom is 0.146 e. The Bertz CT molecular complexity index is 395. The monoisotopic (exact) mass is 267 g/mol. The maximum atomic E-state index is 14.1. The van der Waals surface area contributed by atoms with Crippen LogP contribution < -0.4 is 5.32 Å². The molecule has 0 spiro atoms. The third-order valence-electron chi connectivity index (χ3n) is 4.07. The van der Waals surface area contributed by atoms with Gasteiger partial charge in [-0.3, -0.25) is 4.98 Å². The minimum absolute atomic E-state index is 0.0459. The molecule has 1 rings (SSSR count). The molecular formula is C15H26FN3.